The second-order valence-electron chi connectivity index (χ2n) is 6.10. The number of amides is 1. The summed E-state index contributed by atoms with van der Waals surface area (Å²) in [6, 6.07) is 4.31. The van der Waals surface area contributed by atoms with E-state index in [-0.39, 0.29) is 5.91 Å². The minimum atomic E-state index is 0.0372. The fourth-order valence-electron chi connectivity index (χ4n) is 3.00. The van der Waals surface area contributed by atoms with Crippen LogP contribution in [0.1, 0.15) is 5.56 Å². The number of likely N-dealkylation sites (N-methyl/N-ethyl adjacent to an activating group) is 2. The summed E-state index contributed by atoms with van der Waals surface area (Å²) in [5.41, 5.74) is 9.56. The van der Waals surface area contributed by atoms with Crippen molar-refractivity contribution < 1.29 is 4.79 Å². The highest BCUT2D eigenvalue weighted by Gasteiger charge is 2.23. The third-order valence-electron chi connectivity index (χ3n) is 4.41. The summed E-state index contributed by atoms with van der Waals surface area (Å²) in [6.07, 6.45) is 0.427. The molecule has 0 spiro atoms. The van der Waals surface area contributed by atoms with Gasteiger partial charge in [0.25, 0.3) is 0 Å². The highest BCUT2D eigenvalue weighted by atomic mass is 16.1. The number of fused-ring (bicyclic) bond motifs is 1. The molecule has 21 heavy (non-hydrogen) atoms. The lowest BCUT2D eigenvalue weighted by atomic mass is 10.1. The van der Waals surface area contributed by atoms with Crippen LogP contribution in [0, 0.1) is 0 Å². The molecule has 2 aliphatic heterocycles. The smallest absolute Gasteiger partial charge is 0.228 e. The number of anilines is 3. The SMILES string of the molecule is CN1CCN(C)C(CNc2cc3c(cc2N)CC(=O)N3)C1. The largest absolute Gasteiger partial charge is 0.397 e. The molecule has 2 aliphatic rings. The highest BCUT2D eigenvalue weighted by molar-refractivity contribution is 6.00. The number of nitrogens with two attached hydrogens (primary N) is 1. The van der Waals surface area contributed by atoms with E-state index in [1.165, 1.54) is 0 Å². The molecule has 1 aromatic rings. The normalized spacial score (nSPS) is 23.0. The van der Waals surface area contributed by atoms with Crippen molar-refractivity contribution in [3.8, 4) is 0 Å². The molecule has 4 N–H and O–H groups in total. The number of hydrogen-bond acceptors (Lipinski definition) is 5. The van der Waals surface area contributed by atoms with Crippen LogP contribution in [0.3, 0.4) is 0 Å². The Bertz CT molecular complexity index is 559. The van der Waals surface area contributed by atoms with Gasteiger partial charge in [-0.1, -0.05) is 0 Å². The molecule has 0 radical (unpaired) electrons. The third kappa shape index (κ3) is 2.96. The first kappa shape index (κ1) is 14.2. The summed E-state index contributed by atoms with van der Waals surface area (Å²) in [7, 11) is 4.31. The van der Waals surface area contributed by atoms with Crippen LogP contribution in [-0.2, 0) is 11.2 Å². The monoisotopic (exact) mass is 289 g/mol. The molecule has 1 saturated heterocycles. The fraction of sp³-hybridized carbons (Fsp3) is 0.533. The van der Waals surface area contributed by atoms with E-state index in [1.807, 2.05) is 12.1 Å². The number of rotatable bonds is 3. The van der Waals surface area contributed by atoms with Gasteiger partial charge >= 0.3 is 0 Å². The van der Waals surface area contributed by atoms with Gasteiger partial charge in [-0.2, -0.15) is 0 Å². The van der Waals surface area contributed by atoms with Gasteiger partial charge in [0.1, 0.15) is 0 Å². The molecule has 3 rings (SSSR count). The van der Waals surface area contributed by atoms with Crippen LogP contribution in [0.2, 0.25) is 0 Å². The van der Waals surface area contributed by atoms with Gasteiger partial charge in [0.15, 0.2) is 0 Å². The zero-order valence-corrected chi connectivity index (χ0v) is 12.6. The van der Waals surface area contributed by atoms with Crippen molar-refractivity contribution in [2.75, 3.05) is 56.6 Å². The summed E-state index contributed by atoms with van der Waals surface area (Å²) in [4.78, 5) is 16.1. The Hall–Kier alpha value is -1.79. The van der Waals surface area contributed by atoms with E-state index >= 15 is 0 Å². The van der Waals surface area contributed by atoms with E-state index in [4.69, 9.17) is 5.73 Å². The van der Waals surface area contributed by atoms with E-state index in [0.29, 0.717) is 18.2 Å². The van der Waals surface area contributed by atoms with Crippen LogP contribution in [0.25, 0.3) is 0 Å². The van der Waals surface area contributed by atoms with E-state index in [1.54, 1.807) is 0 Å². The molecule has 0 saturated carbocycles. The standard InChI is InChI=1S/C15H23N5O/c1-19-3-4-20(2)11(9-19)8-17-14-7-13-10(5-12(14)16)6-15(21)18-13/h5,7,11,17H,3-4,6,8-9,16H2,1-2H3,(H,18,21). The summed E-state index contributed by atoms with van der Waals surface area (Å²) in [6.45, 7) is 4.08. The average molecular weight is 289 g/mol. The van der Waals surface area contributed by atoms with Gasteiger partial charge in [0.2, 0.25) is 5.91 Å². The van der Waals surface area contributed by atoms with Gasteiger partial charge in [-0.25, -0.2) is 0 Å². The maximum absolute atomic E-state index is 11.4. The zero-order valence-electron chi connectivity index (χ0n) is 12.6. The quantitative estimate of drug-likeness (QED) is 0.703. The van der Waals surface area contributed by atoms with Crippen molar-refractivity contribution in [2.45, 2.75) is 12.5 Å². The van der Waals surface area contributed by atoms with Gasteiger partial charge in [-0.05, 0) is 31.8 Å². The summed E-state index contributed by atoms with van der Waals surface area (Å²) in [5.74, 6) is 0.0372. The predicted molar refractivity (Wildman–Crippen MR) is 85.6 cm³/mol. The lowest BCUT2D eigenvalue weighted by molar-refractivity contribution is -0.115. The Balaban J connectivity index is 1.68. The fourth-order valence-corrected chi connectivity index (χ4v) is 3.00. The number of benzene rings is 1. The number of nitrogens with one attached hydrogen (secondary N) is 2. The molecule has 2 heterocycles. The average Bonchev–Trinajstić information content (AvgIpc) is 2.78. The second kappa shape index (κ2) is 5.54. The Morgan fingerprint density at radius 3 is 3.00 bits per heavy atom. The second-order valence-corrected chi connectivity index (χ2v) is 6.10. The van der Waals surface area contributed by atoms with Crippen LogP contribution >= 0.6 is 0 Å². The van der Waals surface area contributed by atoms with Crippen molar-refractivity contribution in [1.82, 2.24) is 9.80 Å². The topological polar surface area (TPSA) is 73.6 Å². The molecule has 1 fully saturated rings. The molecule has 114 valence electrons. The van der Waals surface area contributed by atoms with Crippen molar-refractivity contribution in [3.05, 3.63) is 17.7 Å². The Morgan fingerprint density at radius 2 is 2.19 bits per heavy atom. The van der Waals surface area contributed by atoms with E-state index in [9.17, 15) is 4.79 Å². The van der Waals surface area contributed by atoms with Crippen LogP contribution in [0.15, 0.2) is 12.1 Å². The first-order valence-corrected chi connectivity index (χ1v) is 7.38. The molecule has 1 amide bonds. The van der Waals surface area contributed by atoms with Crippen LogP contribution < -0.4 is 16.4 Å². The first-order chi connectivity index (χ1) is 10.0. The van der Waals surface area contributed by atoms with Gasteiger partial charge < -0.3 is 21.3 Å². The Kier molecular flexibility index (Phi) is 3.73. The van der Waals surface area contributed by atoms with Crippen LogP contribution in [0.5, 0.6) is 0 Å². The number of nitrogen functional groups attached to an aromatic ring is 1. The van der Waals surface area contributed by atoms with Gasteiger partial charge in [-0.3, -0.25) is 9.69 Å². The number of hydrogen-bond donors (Lipinski definition) is 3. The molecule has 0 aromatic heterocycles. The molecule has 0 aliphatic carbocycles. The molecule has 6 nitrogen and oxygen atoms in total. The predicted octanol–water partition coefficient (Wildman–Crippen LogP) is 0.421. The lowest BCUT2D eigenvalue weighted by Gasteiger charge is -2.38. The summed E-state index contributed by atoms with van der Waals surface area (Å²) < 4.78 is 0. The van der Waals surface area contributed by atoms with Crippen molar-refractivity contribution in [2.24, 2.45) is 0 Å². The Morgan fingerprint density at radius 1 is 1.38 bits per heavy atom. The third-order valence-corrected chi connectivity index (χ3v) is 4.41. The molecular formula is C15H23N5O. The number of piperazine rings is 1. The zero-order chi connectivity index (χ0) is 15.0. The minimum Gasteiger partial charge on any atom is -0.397 e. The van der Waals surface area contributed by atoms with E-state index < -0.39 is 0 Å². The highest BCUT2D eigenvalue weighted by Crippen LogP contribution is 2.31. The first-order valence-electron chi connectivity index (χ1n) is 7.38. The molecule has 1 unspecified atom stereocenters. The Labute approximate surface area is 125 Å². The summed E-state index contributed by atoms with van der Waals surface area (Å²) in [5, 5.41) is 6.30. The minimum absolute atomic E-state index is 0.0372. The molecule has 1 aromatic carbocycles. The molecule has 0 bridgehead atoms. The molecule has 6 heteroatoms. The van der Waals surface area contributed by atoms with Gasteiger partial charge in [-0.15, -0.1) is 0 Å². The van der Waals surface area contributed by atoms with Crippen molar-refractivity contribution in [1.29, 1.82) is 0 Å². The number of carbonyl (C=O) groups excluding carboxylic acids is 1. The van der Waals surface area contributed by atoms with E-state index in [2.05, 4.69) is 34.5 Å². The number of nitrogens with zero attached hydrogens (tertiary/aromatic N) is 2. The van der Waals surface area contributed by atoms with Crippen molar-refractivity contribution >= 4 is 23.0 Å². The maximum Gasteiger partial charge on any atom is 0.228 e. The number of carbonyl (C=O) groups is 1. The van der Waals surface area contributed by atoms with E-state index in [0.717, 1.165) is 43.1 Å². The van der Waals surface area contributed by atoms with Gasteiger partial charge in [0.05, 0.1) is 17.8 Å². The molecule has 1 atom stereocenters. The van der Waals surface area contributed by atoms with Crippen LogP contribution in [0.4, 0.5) is 17.1 Å². The van der Waals surface area contributed by atoms with Crippen molar-refractivity contribution in [3.63, 3.8) is 0 Å². The lowest BCUT2D eigenvalue weighted by Crippen LogP contribution is -2.52. The maximum atomic E-state index is 11.4. The van der Waals surface area contributed by atoms with Gasteiger partial charge in [0, 0.05) is 37.9 Å². The molecular weight excluding hydrogens is 266 g/mol. The summed E-state index contributed by atoms with van der Waals surface area (Å²) >= 11 is 0. The van der Waals surface area contributed by atoms with Crippen LogP contribution in [-0.4, -0.2) is 62.0 Å².